The smallest absolute Gasteiger partial charge is 0.312 e. The summed E-state index contributed by atoms with van der Waals surface area (Å²) in [6.45, 7) is 1.97. The van der Waals surface area contributed by atoms with Crippen LogP contribution in [0.5, 0.6) is 5.75 Å². The normalized spacial score (nSPS) is 10.2. The summed E-state index contributed by atoms with van der Waals surface area (Å²) < 4.78 is 6.20. The molecule has 0 bridgehead atoms. The van der Waals surface area contributed by atoms with E-state index < -0.39 is 4.92 Å². The second-order valence-corrected chi connectivity index (χ2v) is 4.85. The Morgan fingerprint density at radius 2 is 2.21 bits per heavy atom. The molecule has 98 valence electrons. The van der Waals surface area contributed by atoms with Crippen molar-refractivity contribution in [1.82, 2.24) is 4.98 Å². The summed E-state index contributed by atoms with van der Waals surface area (Å²) in [5.41, 5.74) is 1.37. The Morgan fingerprint density at radius 1 is 1.42 bits per heavy atom. The van der Waals surface area contributed by atoms with E-state index in [0.717, 1.165) is 5.69 Å². The van der Waals surface area contributed by atoms with Crippen LogP contribution < -0.4 is 4.74 Å². The second-order valence-electron chi connectivity index (χ2n) is 3.94. The molecule has 0 fully saturated rings. The maximum absolute atomic E-state index is 11.0. The van der Waals surface area contributed by atoms with Gasteiger partial charge in [-0.3, -0.25) is 15.1 Å². The number of benzene rings is 1. The van der Waals surface area contributed by atoms with Crippen LogP contribution in [0, 0.1) is 17.0 Å². The average Bonchev–Trinajstić information content (AvgIpc) is 2.38. The minimum absolute atomic E-state index is 0.0530. The number of pyridine rings is 1. The number of nitro benzene ring substituents is 1. The van der Waals surface area contributed by atoms with Crippen molar-refractivity contribution in [1.29, 1.82) is 0 Å². The highest BCUT2D eigenvalue weighted by Crippen LogP contribution is 2.34. The molecule has 0 aliphatic rings. The van der Waals surface area contributed by atoms with Gasteiger partial charge in [0.1, 0.15) is 6.61 Å². The fourth-order valence-corrected chi connectivity index (χ4v) is 2.23. The monoisotopic (exact) mass is 322 g/mol. The molecule has 2 aromatic rings. The lowest BCUT2D eigenvalue weighted by Gasteiger charge is -2.09. The third kappa shape index (κ3) is 3.29. The Bertz CT molecular complexity index is 602. The maximum atomic E-state index is 11.0. The van der Waals surface area contributed by atoms with Crippen molar-refractivity contribution in [2.75, 3.05) is 0 Å². The number of aryl methyl sites for hydroxylation is 1. The summed E-state index contributed by atoms with van der Waals surface area (Å²) in [5.74, 6) is 0.277. The van der Waals surface area contributed by atoms with Gasteiger partial charge in [-0.25, -0.2) is 0 Å². The van der Waals surface area contributed by atoms with Gasteiger partial charge in [-0.15, -0.1) is 0 Å². The second kappa shape index (κ2) is 5.79. The number of nitrogens with zero attached hydrogens (tertiary/aromatic N) is 2. The highest BCUT2D eigenvalue weighted by molar-refractivity contribution is 9.10. The van der Waals surface area contributed by atoms with E-state index in [1.165, 1.54) is 6.07 Å². The van der Waals surface area contributed by atoms with Crippen molar-refractivity contribution >= 4 is 21.6 Å². The molecule has 0 N–H and O–H groups in total. The standard InChI is InChI=1S/C13H11BrN2O3/c1-9-6-10(14)7-12(16(17)18)13(9)19-8-11-4-2-3-5-15-11/h2-7H,8H2,1H3. The lowest BCUT2D eigenvalue weighted by Crippen LogP contribution is -2.02. The first-order valence-electron chi connectivity index (χ1n) is 5.55. The summed E-state index contributed by atoms with van der Waals surface area (Å²) in [5, 5.41) is 11.0. The van der Waals surface area contributed by atoms with E-state index in [4.69, 9.17) is 4.74 Å². The van der Waals surface area contributed by atoms with Gasteiger partial charge in [-0.1, -0.05) is 22.0 Å². The van der Waals surface area contributed by atoms with E-state index in [1.807, 2.05) is 6.07 Å². The molecule has 0 aliphatic carbocycles. The topological polar surface area (TPSA) is 65.3 Å². The summed E-state index contributed by atoms with van der Waals surface area (Å²) in [6.07, 6.45) is 1.65. The Morgan fingerprint density at radius 3 is 2.84 bits per heavy atom. The molecule has 6 heteroatoms. The van der Waals surface area contributed by atoms with E-state index in [-0.39, 0.29) is 18.0 Å². The predicted octanol–water partition coefficient (Wildman–Crippen LogP) is 3.64. The summed E-state index contributed by atoms with van der Waals surface area (Å²) in [6, 6.07) is 8.66. The van der Waals surface area contributed by atoms with Crippen LogP contribution in [0.4, 0.5) is 5.69 Å². The number of ether oxygens (including phenoxy) is 1. The van der Waals surface area contributed by atoms with Gasteiger partial charge in [0.15, 0.2) is 0 Å². The van der Waals surface area contributed by atoms with Crippen molar-refractivity contribution in [2.45, 2.75) is 13.5 Å². The third-order valence-corrected chi connectivity index (χ3v) is 2.96. The van der Waals surface area contributed by atoms with E-state index in [1.54, 1.807) is 31.3 Å². The van der Waals surface area contributed by atoms with E-state index in [2.05, 4.69) is 20.9 Å². The Hall–Kier alpha value is -1.95. The molecule has 0 radical (unpaired) electrons. The van der Waals surface area contributed by atoms with Gasteiger partial charge in [0.2, 0.25) is 5.75 Å². The summed E-state index contributed by atoms with van der Waals surface area (Å²) >= 11 is 3.24. The van der Waals surface area contributed by atoms with Gasteiger partial charge in [-0.2, -0.15) is 0 Å². The largest absolute Gasteiger partial charge is 0.480 e. The Labute approximate surface area is 118 Å². The van der Waals surface area contributed by atoms with Gasteiger partial charge in [0.25, 0.3) is 0 Å². The molecule has 2 rings (SSSR count). The van der Waals surface area contributed by atoms with Crippen LogP contribution in [0.2, 0.25) is 0 Å². The average molecular weight is 323 g/mol. The number of nitro groups is 1. The summed E-state index contributed by atoms with van der Waals surface area (Å²) in [4.78, 5) is 14.7. The van der Waals surface area contributed by atoms with Crippen molar-refractivity contribution < 1.29 is 9.66 Å². The zero-order valence-corrected chi connectivity index (χ0v) is 11.8. The quantitative estimate of drug-likeness (QED) is 0.636. The minimum Gasteiger partial charge on any atom is -0.480 e. The number of hydrogen-bond acceptors (Lipinski definition) is 4. The molecule has 0 spiro atoms. The van der Waals surface area contributed by atoms with Gasteiger partial charge >= 0.3 is 5.69 Å². The first kappa shape index (κ1) is 13.5. The van der Waals surface area contributed by atoms with Crippen molar-refractivity contribution in [3.05, 3.63) is 62.4 Å². The van der Waals surface area contributed by atoms with Gasteiger partial charge in [0, 0.05) is 16.7 Å². The van der Waals surface area contributed by atoms with Crippen LogP contribution >= 0.6 is 15.9 Å². The highest BCUT2D eigenvalue weighted by Gasteiger charge is 2.19. The molecule has 1 aromatic carbocycles. The minimum atomic E-state index is -0.453. The highest BCUT2D eigenvalue weighted by atomic mass is 79.9. The van der Waals surface area contributed by atoms with E-state index >= 15 is 0 Å². The van der Waals surface area contributed by atoms with Crippen LogP contribution in [-0.2, 0) is 6.61 Å². The molecule has 0 amide bonds. The molecular formula is C13H11BrN2O3. The van der Waals surface area contributed by atoms with Crippen LogP contribution in [0.15, 0.2) is 41.0 Å². The number of hydrogen-bond donors (Lipinski definition) is 0. The van der Waals surface area contributed by atoms with Crippen LogP contribution in [0.25, 0.3) is 0 Å². The van der Waals surface area contributed by atoms with Crippen LogP contribution in [0.1, 0.15) is 11.3 Å². The Kier molecular flexibility index (Phi) is 4.11. The number of aromatic nitrogens is 1. The molecular weight excluding hydrogens is 312 g/mol. The van der Waals surface area contributed by atoms with Crippen LogP contribution in [0.3, 0.4) is 0 Å². The lowest BCUT2D eigenvalue weighted by molar-refractivity contribution is -0.386. The molecule has 0 atom stereocenters. The molecule has 0 saturated carbocycles. The van der Waals surface area contributed by atoms with E-state index in [9.17, 15) is 10.1 Å². The molecule has 0 aliphatic heterocycles. The van der Waals surface area contributed by atoms with Crippen molar-refractivity contribution in [3.8, 4) is 5.75 Å². The first-order valence-corrected chi connectivity index (χ1v) is 6.34. The van der Waals surface area contributed by atoms with Crippen LogP contribution in [-0.4, -0.2) is 9.91 Å². The lowest BCUT2D eigenvalue weighted by atomic mass is 10.2. The molecule has 0 unspecified atom stereocenters. The van der Waals surface area contributed by atoms with Gasteiger partial charge < -0.3 is 4.74 Å². The van der Waals surface area contributed by atoms with Crippen molar-refractivity contribution in [2.24, 2.45) is 0 Å². The third-order valence-electron chi connectivity index (χ3n) is 2.51. The van der Waals surface area contributed by atoms with Gasteiger partial charge in [-0.05, 0) is 30.7 Å². The number of rotatable bonds is 4. The molecule has 1 aromatic heterocycles. The molecule has 19 heavy (non-hydrogen) atoms. The maximum Gasteiger partial charge on any atom is 0.312 e. The fraction of sp³-hybridized carbons (Fsp3) is 0.154. The fourth-order valence-electron chi connectivity index (χ4n) is 1.67. The Balaban J connectivity index is 2.27. The summed E-state index contributed by atoms with van der Waals surface area (Å²) in [7, 11) is 0. The zero-order valence-electron chi connectivity index (χ0n) is 10.2. The molecule has 5 nitrogen and oxygen atoms in total. The molecule has 1 heterocycles. The molecule has 0 saturated heterocycles. The zero-order chi connectivity index (χ0) is 13.8. The van der Waals surface area contributed by atoms with Gasteiger partial charge in [0.05, 0.1) is 10.6 Å². The first-order chi connectivity index (χ1) is 9.08. The van der Waals surface area contributed by atoms with E-state index in [0.29, 0.717) is 10.0 Å². The van der Waals surface area contributed by atoms with Crippen molar-refractivity contribution in [3.63, 3.8) is 0 Å². The number of halogens is 1. The predicted molar refractivity (Wildman–Crippen MR) is 74.1 cm³/mol. The SMILES string of the molecule is Cc1cc(Br)cc([N+](=O)[O-])c1OCc1ccccn1.